The molecule has 128 valence electrons. The number of carbonyl (C=O) groups is 1. The predicted molar refractivity (Wildman–Crippen MR) is 87.0 cm³/mol. The molecule has 1 atom stereocenters. The molecule has 0 radical (unpaired) electrons. The predicted octanol–water partition coefficient (Wildman–Crippen LogP) is 1.56. The smallest absolute Gasteiger partial charge is 0.227 e. The van der Waals surface area contributed by atoms with E-state index in [0.29, 0.717) is 24.9 Å². The van der Waals surface area contributed by atoms with Crippen LogP contribution in [0.4, 0.5) is 4.39 Å². The van der Waals surface area contributed by atoms with E-state index in [2.05, 4.69) is 0 Å². The molecule has 0 saturated carbocycles. The molecular weight excluding hydrogens is 319 g/mol. The maximum Gasteiger partial charge on any atom is 0.227 e. The van der Waals surface area contributed by atoms with Crippen LogP contribution < -0.4 is 0 Å². The first-order valence-corrected chi connectivity index (χ1v) is 9.16. The summed E-state index contributed by atoms with van der Waals surface area (Å²) in [6.07, 6.45) is 1.14. The molecule has 7 heteroatoms. The first kappa shape index (κ1) is 17.9. The Bertz CT molecular complexity index is 689. The fraction of sp³-hybridized carbons (Fsp3) is 0.562. The van der Waals surface area contributed by atoms with Crippen molar-refractivity contribution < 1.29 is 17.6 Å². The number of amides is 1. The zero-order chi connectivity index (χ0) is 17.2. The van der Waals surface area contributed by atoms with Crippen LogP contribution >= 0.6 is 0 Å². The maximum absolute atomic E-state index is 13.8. The van der Waals surface area contributed by atoms with Gasteiger partial charge in [-0.1, -0.05) is 17.7 Å². The number of hydrogen-bond acceptors (Lipinski definition) is 3. The van der Waals surface area contributed by atoms with Gasteiger partial charge < -0.3 is 4.90 Å². The lowest BCUT2D eigenvalue weighted by Crippen LogP contribution is -2.48. The van der Waals surface area contributed by atoms with Crippen LogP contribution in [0.5, 0.6) is 0 Å². The molecule has 1 aromatic carbocycles. The van der Waals surface area contributed by atoms with Crippen molar-refractivity contribution in [2.45, 2.75) is 31.4 Å². The summed E-state index contributed by atoms with van der Waals surface area (Å²) in [5.41, 5.74) is 1.24. The average Bonchev–Trinajstić information content (AvgIpc) is 2.50. The minimum Gasteiger partial charge on any atom is -0.341 e. The number of carbonyl (C=O) groups excluding carboxylic acids is 1. The monoisotopic (exact) mass is 342 g/mol. The molecule has 0 bridgehead atoms. The Balaban J connectivity index is 2.09. The van der Waals surface area contributed by atoms with Crippen molar-refractivity contribution in [1.29, 1.82) is 0 Å². The van der Waals surface area contributed by atoms with E-state index in [1.165, 1.54) is 29.4 Å². The molecular formula is C16H23FN2O3S. The Morgan fingerprint density at radius 3 is 2.74 bits per heavy atom. The zero-order valence-corrected chi connectivity index (χ0v) is 14.6. The van der Waals surface area contributed by atoms with Gasteiger partial charge in [-0.3, -0.25) is 4.79 Å². The van der Waals surface area contributed by atoms with E-state index in [1.807, 2.05) is 6.92 Å². The molecule has 1 unspecified atom stereocenters. The van der Waals surface area contributed by atoms with Crippen LogP contribution in [0.3, 0.4) is 0 Å². The standard InChI is InChI=1S/C16H23FN2O3S/c1-12-6-7-15(17)13(9-12)10-16(20)19-8-4-5-14(11-19)23(21,22)18(2)3/h6-7,9,14H,4-5,8,10-11H2,1-3H3. The third-order valence-corrected chi connectivity index (χ3v) is 6.45. The van der Waals surface area contributed by atoms with Crippen molar-refractivity contribution in [1.82, 2.24) is 9.21 Å². The average molecular weight is 342 g/mol. The Morgan fingerprint density at radius 1 is 1.39 bits per heavy atom. The minimum atomic E-state index is -3.39. The van der Waals surface area contributed by atoms with Gasteiger partial charge in [0, 0.05) is 27.2 Å². The number of hydrogen-bond donors (Lipinski definition) is 0. The second-order valence-corrected chi connectivity index (χ2v) is 8.63. The van der Waals surface area contributed by atoms with E-state index in [9.17, 15) is 17.6 Å². The molecule has 0 aliphatic carbocycles. The van der Waals surface area contributed by atoms with Gasteiger partial charge in [-0.15, -0.1) is 0 Å². The number of nitrogens with zero attached hydrogens (tertiary/aromatic N) is 2. The molecule has 2 rings (SSSR count). The number of rotatable bonds is 4. The topological polar surface area (TPSA) is 57.7 Å². The van der Waals surface area contributed by atoms with Gasteiger partial charge in [-0.05, 0) is 31.4 Å². The number of likely N-dealkylation sites (tertiary alicyclic amines) is 1. The fourth-order valence-electron chi connectivity index (χ4n) is 2.82. The van der Waals surface area contributed by atoms with E-state index in [0.717, 1.165) is 5.56 Å². The van der Waals surface area contributed by atoms with Gasteiger partial charge in [0.15, 0.2) is 0 Å². The third-order valence-electron chi connectivity index (χ3n) is 4.20. The number of aryl methyl sites for hydroxylation is 1. The lowest BCUT2D eigenvalue weighted by molar-refractivity contribution is -0.131. The molecule has 0 aromatic heterocycles. The lowest BCUT2D eigenvalue weighted by Gasteiger charge is -2.33. The summed E-state index contributed by atoms with van der Waals surface area (Å²) in [7, 11) is -0.392. The second-order valence-electron chi connectivity index (χ2n) is 6.20. The van der Waals surface area contributed by atoms with Crippen LogP contribution in [-0.2, 0) is 21.2 Å². The molecule has 1 aromatic rings. The van der Waals surface area contributed by atoms with Crippen molar-refractivity contribution in [2.24, 2.45) is 0 Å². The number of sulfonamides is 1. The molecule has 5 nitrogen and oxygen atoms in total. The molecule has 0 spiro atoms. The molecule has 0 N–H and O–H groups in total. The van der Waals surface area contributed by atoms with Gasteiger partial charge in [0.25, 0.3) is 0 Å². The molecule has 1 saturated heterocycles. The van der Waals surface area contributed by atoms with Gasteiger partial charge in [-0.2, -0.15) is 0 Å². The highest BCUT2D eigenvalue weighted by Gasteiger charge is 2.34. The third kappa shape index (κ3) is 4.09. The van der Waals surface area contributed by atoms with Crippen molar-refractivity contribution >= 4 is 15.9 Å². The van der Waals surface area contributed by atoms with E-state index < -0.39 is 21.1 Å². The quantitative estimate of drug-likeness (QED) is 0.834. The van der Waals surface area contributed by atoms with Crippen LogP contribution in [0.1, 0.15) is 24.0 Å². The van der Waals surface area contributed by atoms with E-state index in [-0.39, 0.29) is 18.9 Å². The number of halogens is 1. The fourth-order valence-corrected chi connectivity index (χ4v) is 4.25. The van der Waals surface area contributed by atoms with E-state index >= 15 is 0 Å². The summed E-state index contributed by atoms with van der Waals surface area (Å²) in [5, 5.41) is -0.586. The van der Waals surface area contributed by atoms with Gasteiger partial charge in [0.2, 0.25) is 15.9 Å². The Hall–Kier alpha value is -1.47. The summed E-state index contributed by atoms with van der Waals surface area (Å²) < 4.78 is 39.5. The SMILES string of the molecule is Cc1ccc(F)c(CC(=O)N2CCCC(S(=O)(=O)N(C)C)C2)c1. The van der Waals surface area contributed by atoms with E-state index in [4.69, 9.17) is 0 Å². The zero-order valence-electron chi connectivity index (χ0n) is 13.8. The summed E-state index contributed by atoms with van der Waals surface area (Å²) in [6.45, 7) is 2.53. The number of piperidine rings is 1. The van der Waals surface area contributed by atoms with Gasteiger partial charge in [0.1, 0.15) is 5.82 Å². The minimum absolute atomic E-state index is 0.0394. The highest BCUT2D eigenvalue weighted by Crippen LogP contribution is 2.20. The van der Waals surface area contributed by atoms with Gasteiger partial charge in [-0.25, -0.2) is 17.1 Å². The first-order valence-electron chi connectivity index (χ1n) is 7.66. The number of benzene rings is 1. The normalized spacial score (nSPS) is 19.2. The van der Waals surface area contributed by atoms with Crippen LogP contribution in [-0.4, -0.2) is 56.0 Å². The highest BCUT2D eigenvalue weighted by atomic mass is 32.2. The Labute approximate surface area is 137 Å². The summed E-state index contributed by atoms with van der Waals surface area (Å²) in [5.74, 6) is -0.633. The Morgan fingerprint density at radius 2 is 2.09 bits per heavy atom. The van der Waals surface area contributed by atoms with Crippen LogP contribution in [0.2, 0.25) is 0 Å². The van der Waals surface area contributed by atoms with Crippen molar-refractivity contribution in [3.8, 4) is 0 Å². The maximum atomic E-state index is 13.8. The molecule has 1 aliphatic rings. The van der Waals surface area contributed by atoms with Crippen molar-refractivity contribution in [2.75, 3.05) is 27.2 Å². The summed E-state index contributed by atoms with van der Waals surface area (Å²) >= 11 is 0. The van der Waals surface area contributed by atoms with Gasteiger partial charge >= 0.3 is 0 Å². The molecule has 1 heterocycles. The van der Waals surface area contributed by atoms with Crippen LogP contribution in [0.25, 0.3) is 0 Å². The van der Waals surface area contributed by atoms with Crippen LogP contribution in [0, 0.1) is 12.7 Å². The molecule has 1 amide bonds. The van der Waals surface area contributed by atoms with Crippen molar-refractivity contribution in [3.63, 3.8) is 0 Å². The summed E-state index contributed by atoms with van der Waals surface area (Å²) in [4.78, 5) is 14.0. The van der Waals surface area contributed by atoms with E-state index in [1.54, 1.807) is 12.1 Å². The van der Waals surface area contributed by atoms with Crippen molar-refractivity contribution in [3.05, 3.63) is 35.1 Å². The largest absolute Gasteiger partial charge is 0.341 e. The Kier molecular flexibility index (Phi) is 5.41. The lowest BCUT2D eigenvalue weighted by atomic mass is 10.1. The highest BCUT2D eigenvalue weighted by molar-refractivity contribution is 7.89. The second kappa shape index (κ2) is 6.97. The van der Waals surface area contributed by atoms with Crippen LogP contribution in [0.15, 0.2) is 18.2 Å². The first-order chi connectivity index (χ1) is 10.7. The molecule has 1 fully saturated rings. The van der Waals surface area contributed by atoms with Gasteiger partial charge in [0.05, 0.1) is 11.7 Å². The summed E-state index contributed by atoms with van der Waals surface area (Å²) in [6, 6.07) is 4.67. The molecule has 23 heavy (non-hydrogen) atoms. The molecule has 1 aliphatic heterocycles.